The maximum absolute atomic E-state index is 12.3. The number of ether oxygens (including phenoxy) is 1. The van der Waals surface area contributed by atoms with Crippen molar-refractivity contribution in [2.75, 3.05) is 0 Å². The second-order valence-corrected chi connectivity index (χ2v) is 6.56. The van der Waals surface area contributed by atoms with E-state index in [0.717, 1.165) is 25.7 Å². The highest BCUT2D eigenvalue weighted by Crippen LogP contribution is 2.27. The number of nitrogens with zero attached hydrogens (tertiary/aromatic N) is 1. The second-order valence-electron chi connectivity index (χ2n) is 6.56. The van der Waals surface area contributed by atoms with Crippen LogP contribution < -0.4 is 0 Å². The highest BCUT2D eigenvalue weighted by molar-refractivity contribution is 5.75. The smallest absolute Gasteiger partial charge is 0.410 e. The Morgan fingerprint density at radius 1 is 1.26 bits per heavy atom. The highest BCUT2D eigenvalue weighted by atomic mass is 16.6. The number of carbonyl (C=O) groups is 2. The van der Waals surface area contributed by atoms with Gasteiger partial charge in [-0.15, -0.1) is 0 Å². The molecule has 0 spiro atoms. The standard InChI is InChI=1S/C15H27NO3/c1-11-7-6-8-13(10-9-12(2)17)16(11)14(18)19-15(3,4)5/h11,13H,6-10H2,1-5H3/t11-,13-/m1/s1. The van der Waals surface area contributed by atoms with Gasteiger partial charge in [0.1, 0.15) is 11.4 Å². The lowest BCUT2D eigenvalue weighted by molar-refractivity contribution is -0.117. The van der Waals surface area contributed by atoms with Gasteiger partial charge < -0.3 is 14.4 Å². The maximum Gasteiger partial charge on any atom is 0.410 e. The average molecular weight is 269 g/mol. The summed E-state index contributed by atoms with van der Waals surface area (Å²) in [5.74, 6) is 0.183. The van der Waals surface area contributed by atoms with E-state index in [-0.39, 0.29) is 24.0 Å². The average Bonchev–Trinajstić information content (AvgIpc) is 2.23. The zero-order valence-corrected chi connectivity index (χ0v) is 12.9. The van der Waals surface area contributed by atoms with E-state index in [2.05, 4.69) is 6.92 Å². The third-order valence-corrected chi connectivity index (χ3v) is 3.46. The van der Waals surface area contributed by atoms with Crippen LogP contribution in [0.5, 0.6) is 0 Å². The molecule has 0 bridgehead atoms. The molecule has 2 atom stereocenters. The van der Waals surface area contributed by atoms with Crippen molar-refractivity contribution in [1.82, 2.24) is 4.90 Å². The normalized spacial score (nSPS) is 24.2. The molecule has 0 aromatic carbocycles. The molecule has 0 aliphatic carbocycles. The van der Waals surface area contributed by atoms with Crippen LogP contribution in [0.2, 0.25) is 0 Å². The Kier molecular flexibility index (Phi) is 5.39. The summed E-state index contributed by atoms with van der Waals surface area (Å²) in [5, 5.41) is 0. The summed E-state index contributed by atoms with van der Waals surface area (Å²) in [4.78, 5) is 25.3. The van der Waals surface area contributed by atoms with Crippen LogP contribution in [0.3, 0.4) is 0 Å². The Bertz CT molecular complexity index is 333. The van der Waals surface area contributed by atoms with Gasteiger partial charge in [-0.3, -0.25) is 0 Å². The van der Waals surface area contributed by atoms with Crippen LogP contribution in [0.25, 0.3) is 0 Å². The number of piperidine rings is 1. The number of ketones is 1. The van der Waals surface area contributed by atoms with Gasteiger partial charge in [-0.05, 0) is 60.3 Å². The molecule has 19 heavy (non-hydrogen) atoms. The molecular weight excluding hydrogens is 242 g/mol. The van der Waals surface area contributed by atoms with E-state index in [1.54, 1.807) is 6.92 Å². The fourth-order valence-corrected chi connectivity index (χ4v) is 2.58. The van der Waals surface area contributed by atoms with Crippen LogP contribution >= 0.6 is 0 Å². The van der Waals surface area contributed by atoms with Gasteiger partial charge in [0.2, 0.25) is 0 Å². The van der Waals surface area contributed by atoms with Crippen molar-refractivity contribution in [2.24, 2.45) is 0 Å². The second kappa shape index (κ2) is 6.40. The van der Waals surface area contributed by atoms with Gasteiger partial charge in [0.05, 0.1) is 0 Å². The third-order valence-electron chi connectivity index (χ3n) is 3.46. The molecule has 1 aliphatic heterocycles. The molecule has 110 valence electrons. The molecule has 1 heterocycles. The Labute approximate surface area is 116 Å². The number of hydrogen-bond donors (Lipinski definition) is 0. The van der Waals surface area contributed by atoms with Crippen molar-refractivity contribution >= 4 is 11.9 Å². The topological polar surface area (TPSA) is 46.6 Å². The molecule has 0 saturated carbocycles. The van der Waals surface area contributed by atoms with E-state index < -0.39 is 5.60 Å². The minimum atomic E-state index is -0.473. The lowest BCUT2D eigenvalue weighted by atomic mass is 9.93. The predicted octanol–water partition coefficient (Wildman–Crippen LogP) is 3.53. The molecule has 1 fully saturated rings. The third kappa shape index (κ3) is 5.21. The van der Waals surface area contributed by atoms with Crippen molar-refractivity contribution in [2.45, 2.75) is 84.4 Å². The van der Waals surface area contributed by atoms with E-state index in [0.29, 0.717) is 6.42 Å². The zero-order valence-electron chi connectivity index (χ0n) is 12.9. The Hall–Kier alpha value is -1.06. The molecular formula is C15H27NO3. The molecule has 0 radical (unpaired) electrons. The van der Waals surface area contributed by atoms with Crippen molar-refractivity contribution in [1.29, 1.82) is 0 Å². The lowest BCUT2D eigenvalue weighted by Crippen LogP contribution is -2.50. The highest BCUT2D eigenvalue weighted by Gasteiger charge is 2.34. The Morgan fingerprint density at radius 3 is 2.42 bits per heavy atom. The quantitative estimate of drug-likeness (QED) is 0.787. The molecule has 4 nitrogen and oxygen atoms in total. The molecule has 1 rings (SSSR count). The summed E-state index contributed by atoms with van der Waals surface area (Å²) in [6, 6.07) is 0.336. The van der Waals surface area contributed by atoms with Crippen molar-refractivity contribution in [3.63, 3.8) is 0 Å². The number of amides is 1. The molecule has 1 aliphatic rings. The molecule has 0 unspecified atom stereocenters. The van der Waals surface area contributed by atoms with Gasteiger partial charge >= 0.3 is 6.09 Å². The lowest BCUT2D eigenvalue weighted by Gasteiger charge is -2.41. The summed E-state index contributed by atoms with van der Waals surface area (Å²) < 4.78 is 5.49. The molecule has 1 saturated heterocycles. The number of hydrogen-bond acceptors (Lipinski definition) is 3. The summed E-state index contributed by atoms with van der Waals surface area (Å²) >= 11 is 0. The summed E-state index contributed by atoms with van der Waals surface area (Å²) in [7, 11) is 0. The molecule has 1 amide bonds. The zero-order chi connectivity index (χ0) is 14.6. The predicted molar refractivity (Wildman–Crippen MR) is 75.1 cm³/mol. The largest absolute Gasteiger partial charge is 0.444 e. The minimum absolute atomic E-state index is 0.141. The van der Waals surface area contributed by atoms with E-state index in [9.17, 15) is 9.59 Å². The number of likely N-dealkylation sites (tertiary alicyclic amines) is 1. The van der Waals surface area contributed by atoms with Gasteiger partial charge in [-0.2, -0.15) is 0 Å². The first-order valence-electron chi connectivity index (χ1n) is 7.21. The monoisotopic (exact) mass is 269 g/mol. The van der Waals surface area contributed by atoms with E-state index in [1.165, 1.54) is 0 Å². The van der Waals surface area contributed by atoms with Crippen molar-refractivity contribution < 1.29 is 14.3 Å². The summed E-state index contributed by atoms with van der Waals surface area (Å²) in [5.41, 5.74) is -0.473. The van der Waals surface area contributed by atoms with Gasteiger partial charge in [-0.25, -0.2) is 4.79 Å². The van der Waals surface area contributed by atoms with Gasteiger partial charge in [-0.1, -0.05) is 0 Å². The fourth-order valence-electron chi connectivity index (χ4n) is 2.58. The SMILES string of the molecule is CC(=O)CC[C@H]1CCC[C@@H](C)N1C(=O)OC(C)(C)C. The summed E-state index contributed by atoms with van der Waals surface area (Å²) in [6.07, 6.45) is 4.14. The van der Waals surface area contributed by atoms with Crippen LogP contribution in [-0.2, 0) is 9.53 Å². The van der Waals surface area contributed by atoms with Gasteiger partial charge in [0, 0.05) is 18.5 Å². The van der Waals surface area contributed by atoms with Crippen LogP contribution in [0.4, 0.5) is 4.79 Å². The van der Waals surface area contributed by atoms with Crippen LogP contribution in [-0.4, -0.2) is 34.5 Å². The number of rotatable bonds is 3. The fraction of sp³-hybridized carbons (Fsp3) is 0.867. The molecule has 0 aromatic heterocycles. The van der Waals surface area contributed by atoms with Gasteiger partial charge in [0.25, 0.3) is 0 Å². The van der Waals surface area contributed by atoms with Crippen molar-refractivity contribution in [3.8, 4) is 0 Å². The van der Waals surface area contributed by atoms with Gasteiger partial charge in [0.15, 0.2) is 0 Å². The van der Waals surface area contributed by atoms with Crippen LogP contribution in [0.1, 0.15) is 66.7 Å². The van der Waals surface area contributed by atoms with E-state index >= 15 is 0 Å². The Balaban J connectivity index is 2.71. The van der Waals surface area contributed by atoms with Crippen molar-refractivity contribution in [3.05, 3.63) is 0 Å². The van der Waals surface area contributed by atoms with Crippen LogP contribution in [0.15, 0.2) is 0 Å². The van der Waals surface area contributed by atoms with Crippen LogP contribution in [0, 0.1) is 0 Å². The Morgan fingerprint density at radius 2 is 1.89 bits per heavy atom. The maximum atomic E-state index is 12.3. The molecule has 0 N–H and O–H groups in total. The molecule has 0 aromatic rings. The van der Waals surface area contributed by atoms with E-state index in [1.807, 2.05) is 25.7 Å². The molecule has 4 heteroatoms. The minimum Gasteiger partial charge on any atom is -0.444 e. The number of carbonyl (C=O) groups excluding carboxylic acids is 2. The first kappa shape index (κ1) is 16.0. The summed E-state index contributed by atoms with van der Waals surface area (Å²) in [6.45, 7) is 9.30. The first-order chi connectivity index (χ1) is 8.70. The number of Topliss-reactive ketones (excluding diaryl/α,β-unsaturated/α-hetero) is 1. The first-order valence-corrected chi connectivity index (χ1v) is 7.21. The van der Waals surface area contributed by atoms with E-state index in [4.69, 9.17) is 4.74 Å².